The Morgan fingerprint density at radius 3 is 1.54 bits per heavy atom. The van der Waals surface area contributed by atoms with Crippen molar-refractivity contribution in [2.24, 2.45) is 0 Å². The first-order valence-corrected chi connectivity index (χ1v) is 8.82. The molecule has 6 nitrogen and oxygen atoms in total. The number of phenolic OH excluding ortho intramolecular Hbond substituents is 2. The van der Waals surface area contributed by atoms with Crippen LogP contribution < -0.4 is 20.1 Å². The number of benzene rings is 2. The highest BCUT2D eigenvalue weighted by Crippen LogP contribution is 2.34. The Morgan fingerprint density at radius 2 is 1.15 bits per heavy atom. The monoisotopic (exact) mass is 358 g/mol. The Balaban J connectivity index is 0.000000151. The highest BCUT2D eigenvalue weighted by atomic mass is 16.5. The molecule has 0 amide bonds. The Morgan fingerprint density at radius 1 is 0.731 bits per heavy atom. The molecule has 0 fully saturated rings. The van der Waals surface area contributed by atoms with Crippen molar-refractivity contribution in [1.29, 1.82) is 0 Å². The number of nitrogens with one attached hydrogen (secondary N) is 2. The third kappa shape index (κ3) is 3.71. The van der Waals surface area contributed by atoms with E-state index in [1.807, 2.05) is 12.1 Å². The van der Waals surface area contributed by atoms with Gasteiger partial charge in [-0.2, -0.15) is 0 Å². The van der Waals surface area contributed by atoms with Crippen LogP contribution in [-0.4, -0.2) is 37.5 Å². The fraction of sp³-hybridized carbons (Fsp3) is 0.400. The summed E-state index contributed by atoms with van der Waals surface area (Å²) in [6.45, 7) is 3.53. The van der Waals surface area contributed by atoms with Gasteiger partial charge in [-0.15, -0.1) is 0 Å². The average molecular weight is 358 g/mol. The van der Waals surface area contributed by atoms with Crippen molar-refractivity contribution in [3.63, 3.8) is 0 Å². The summed E-state index contributed by atoms with van der Waals surface area (Å²) in [5.74, 6) is 1.75. The predicted molar refractivity (Wildman–Crippen MR) is 100 cm³/mol. The molecular formula is C20H26N2O4. The van der Waals surface area contributed by atoms with E-state index < -0.39 is 0 Å². The van der Waals surface area contributed by atoms with Gasteiger partial charge in [-0.3, -0.25) is 0 Å². The highest BCUT2D eigenvalue weighted by Gasteiger charge is 2.16. The van der Waals surface area contributed by atoms with Gasteiger partial charge in [0.1, 0.15) is 0 Å². The molecule has 0 radical (unpaired) electrons. The maximum Gasteiger partial charge on any atom is 0.161 e. The molecule has 6 heteroatoms. The largest absolute Gasteiger partial charge is 0.504 e. The van der Waals surface area contributed by atoms with Crippen molar-refractivity contribution in [3.05, 3.63) is 46.5 Å². The van der Waals surface area contributed by atoms with Crippen LogP contribution in [0.3, 0.4) is 0 Å². The summed E-state index contributed by atoms with van der Waals surface area (Å²) in [4.78, 5) is 0. The molecule has 2 aliphatic rings. The lowest BCUT2D eigenvalue weighted by molar-refractivity contribution is 0.368. The molecule has 2 heterocycles. The van der Waals surface area contributed by atoms with Crippen LogP contribution in [0.1, 0.15) is 22.3 Å². The van der Waals surface area contributed by atoms with Gasteiger partial charge in [-0.1, -0.05) is 12.1 Å². The summed E-state index contributed by atoms with van der Waals surface area (Å²) in [7, 11) is 3.14. The van der Waals surface area contributed by atoms with Gasteiger partial charge in [0.15, 0.2) is 23.0 Å². The number of rotatable bonds is 2. The van der Waals surface area contributed by atoms with E-state index in [0.717, 1.165) is 50.1 Å². The number of ether oxygens (including phenoxy) is 2. The van der Waals surface area contributed by atoms with Gasteiger partial charge >= 0.3 is 0 Å². The first-order chi connectivity index (χ1) is 12.7. The third-order valence-corrected chi connectivity index (χ3v) is 4.86. The van der Waals surface area contributed by atoms with Gasteiger partial charge in [-0.25, -0.2) is 0 Å². The summed E-state index contributed by atoms with van der Waals surface area (Å²) < 4.78 is 10.1. The Hall–Kier alpha value is -2.44. The quantitative estimate of drug-likeness (QED) is 0.658. The molecule has 0 unspecified atom stereocenters. The van der Waals surface area contributed by atoms with E-state index in [1.54, 1.807) is 26.4 Å². The van der Waals surface area contributed by atoms with Crippen LogP contribution in [-0.2, 0) is 25.9 Å². The molecule has 0 spiro atoms. The van der Waals surface area contributed by atoms with Crippen molar-refractivity contribution < 1.29 is 19.7 Å². The highest BCUT2D eigenvalue weighted by molar-refractivity contribution is 5.51. The van der Waals surface area contributed by atoms with E-state index in [1.165, 1.54) is 11.1 Å². The molecule has 0 saturated heterocycles. The molecular weight excluding hydrogens is 332 g/mol. The molecule has 0 atom stereocenters. The zero-order valence-electron chi connectivity index (χ0n) is 15.3. The molecule has 0 saturated carbocycles. The fourth-order valence-corrected chi connectivity index (χ4v) is 3.40. The second-order valence-corrected chi connectivity index (χ2v) is 6.36. The van der Waals surface area contributed by atoms with Crippen LogP contribution in [0.5, 0.6) is 23.0 Å². The summed E-state index contributed by atoms with van der Waals surface area (Å²) >= 11 is 0. The second kappa shape index (κ2) is 8.29. The lowest BCUT2D eigenvalue weighted by Crippen LogP contribution is -2.23. The summed E-state index contributed by atoms with van der Waals surface area (Å²) in [6, 6.07) is 7.61. The van der Waals surface area contributed by atoms with E-state index in [4.69, 9.17) is 9.47 Å². The Bertz CT molecular complexity index is 711. The Labute approximate surface area is 153 Å². The van der Waals surface area contributed by atoms with Crippen molar-refractivity contribution in [1.82, 2.24) is 10.6 Å². The van der Waals surface area contributed by atoms with E-state index in [9.17, 15) is 10.2 Å². The number of fused-ring (bicyclic) bond motifs is 2. The molecule has 4 N–H and O–H groups in total. The summed E-state index contributed by atoms with van der Waals surface area (Å²) in [6.07, 6.45) is 1.75. The van der Waals surface area contributed by atoms with Crippen LogP contribution >= 0.6 is 0 Å². The molecule has 140 valence electrons. The van der Waals surface area contributed by atoms with E-state index in [-0.39, 0.29) is 0 Å². The van der Waals surface area contributed by atoms with Crippen molar-refractivity contribution in [2.45, 2.75) is 25.9 Å². The van der Waals surface area contributed by atoms with Crippen molar-refractivity contribution in [2.75, 3.05) is 27.3 Å². The summed E-state index contributed by atoms with van der Waals surface area (Å²) in [5, 5.41) is 26.1. The number of hydrogen-bond acceptors (Lipinski definition) is 6. The van der Waals surface area contributed by atoms with Crippen LogP contribution in [0.2, 0.25) is 0 Å². The standard InChI is InChI=1S/2C10H13NO2/c2*1-13-9-3-2-7-6-11-5-4-8(7)10(9)12/h2*2-3,11-12H,4-6H2,1H3. The van der Waals surface area contributed by atoms with Crippen molar-refractivity contribution in [3.8, 4) is 23.0 Å². The van der Waals surface area contributed by atoms with Crippen LogP contribution in [0.4, 0.5) is 0 Å². The molecule has 2 aromatic rings. The van der Waals surface area contributed by atoms with Crippen LogP contribution in [0.15, 0.2) is 24.3 Å². The molecule has 26 heavy (non-hydrogen) atoms. The molecule has 2 aromatic carbocycles. The zero-order valence-corrected chi connectivity index (χ0v) is 15.3. The van der Waals surface area contributed by atoms with Gasteiger partial charge in [0.2, 0.25) is 0 Å². The maximum atomic E-state index is 9.78. The third-order valence-electron chi connectivity index (χ3n) is 4.86. The average Bonchev–Trinajstić information content (AvgIpc) is 2.70. The minimum Gasteiger partial charge on any atom is -0.504 e. The van der Waals surface area contributed by atoms with Gasteiger partial charge in [0.25, 0.3) is 0 Å². The van der Waals surface area contributed by atoms with Gasteiger partial charge in [0, 0.05) is 24.2 Å². The maximum absolute atomic E-state index is 9.78. The first-order valence-electron chi connectivity index (χ1n) is 8.82. The molecule has 4 rings (SSSR count). The lowest BCUT2D eigenvalue weighted by atomic mass is 9.99. The van der Waals surface area contributed by atoms with Crippen LogP contribution in [0, 0.1) is 0 Å². The molecule has 0 bridgehead atoms. The zero-order chi connectivity index (χ0) is 18.5. The Kier molecular flexibility index (Phi) is 5.85. The first kappa shape index (κ1) is 18.4. The molecule has 0 aliphatic carbocycles. The normalized spacial score (nSPS) is 15.2. The predicted octanol–water partition coefficient (Wildman–Crippen LogP) is 2.09. The lowest BCUT2D eigenvalue weighted by Gasteiger charge is -2.19. The minimum absolute atomic E-state index is 0.307. The van der Waals surface area contributed by atoms with E-state index in [2.05, 4.69) is 10.6 Å². The second-order valence-electron chi connectivity index (χ2n) is 6.36. The van der Waals surface area contributed by atoms with E-state index >= 15 is 0 Å². The minimum atomic E-state index is 0.307. The smallest absolute Gasteiger partial charge is 0.161 e. The van der Waals surface area contributed by atoms with Gasteiger partial charge < -0.3 is 30.3 Å². The topological polar surface area (TPSA) is 83.0 Å². The number of phenols is 2. The van der Waals surface area contributed by atoms with E-state index in [0.29, 0.717) is 23.0 Å². The summed E-state index contributed by atoms with van der Waals surface area (Å²) in [5.41, 5.74) is 4.39. The number of aromatic hydroxyl groups is 2. The molecule has 0 aromatic heterocycles. The van der Waals surface area contributed by atoms with Gasteiger partial charge in [0.05, 0.1) is 14.2 Å². The number of methoxy groups -OCH3 is 2. The fourth-order valence-electron chi connectivity index (χ4n) is 3.40. The van der Waals surface area contributed by atoms with Crippen molar-refractivity contribution >= 4 is 0 Å². The van der Waals surface area contributed by atoms with Gasteiger partial charge in [-0.05, 0) is 49.2 Å². The SMILES string of the molecule is COc1ccc2c(c1O)CCNC2.COc1ccc2c(c1O)CCNC2. The molecule has 2 aliphatic heterocycles. The number of hydrogen-bond donors (Lipinski definition) is 4. The van der Waals surface area contributed by atoms with Crippen LogP contribution in [0.25, 0.3) is 0 Å².